The standard InChI is InChI=1S/C17H17ClF3N3O4/c1-10(9-23-13-5-3-4-6-14(13)24(25)26)27-11(2)28-16-15(17(19,20)21)12(18)7-8-22-16/h3-8,10-11,23H,9H2,1-2H3. The predicted molar refractivity (Wildman–Crippen MR) is 96.5 cm³/mol. The Morgan fingerprint density at radius 2 is 1.96 bits per heavy atom. The smallest absolute Gasteiger partial charge is 0.423 e. The average Bonchev–Trinajstić information content (AvgIpc) is 2.58. The van der Waals surface area contributed by atoms with Crippen LogP contribution < -0.4 is 10.1 Å². The molecule has 2 unspecified atom stereocenters. The minimum absolute atomic E-state index is 0.100. The highest BCUT2D eigenvalue weighted by atomic mass is 35.5. The Kier molecular flexibility index (Phi) is 7.03. The lowest BCUT2D eigenvalue weighted by Crippen LogP contribution is -2.28. The van der Waals surface area contributed by atoms with E-state index in [9.17, 15) is 23.3 Å². The highest BCUT2D eigenvalue weighted by Crippen LogP contribution is 2.40. The largest absolute Gasteiger partial charge is 0.448 e. The lowest BCUT2D eigenvalue weighted by molar-refractivity contribution is -0.384. The number of para-hydroxylation sites is 2. The molecule has 2 aromatic rings. The first-order chi connectivity index (χ1) is 13.1. The van der Waals surface area contributed by atoms with Crippen LogP contribution in [0, 0.1) is 10.1 Å². The molecule has 0 saturated carbocycles. The Labute approximate surface area is 163 Å². The predicted octanol–water partition coefficient (Wildman–Crippen LogP) is 4.90. The SMILES string of the molecule is CC(CNc1ccccc1[N+](=O)[O-])OC(C)Oc1nccc(Cl)c1C(F)(F)F. The summed E-state index contributed by atoms with van der Waals surface area (Å²) >= 11 is 5.62. The number of nitro benzene ring substituents is 1. The van der Waals surface area contributed by atoms with Crippen molar-refractivity contribution >= 4 is 23.0 Å². The van der Waals surface area contributed by atoms with E-state index in [1.165, 1.54) is 25.1 Å². The first-order valence-corrected chi connectivity index (χ1v) is 8.48. The van der Waals surface area contributed by atoms with Crippen LogP contribution in [0.1, 0.15) is 19.4 Å². The number of alkyl halides is 3. The Morgan fingerprint density at radius 1 is 1.29 bits per heavy atom. The zero-order chi connectivity index (χ0) is 20.9. The molecule has 0 amide bonds. The van der Waals surface area contributed by atoms with Crippen LogP contribution in [0.25, 0.3) is 0 Å². The summed E-state index contributed by atoms with van der Waals surface area (Å²) in [5.41, 5.74) is -0.984. The molecule has 0 aliphatic rings. The maximum Gasteiger partial charge on any atom is 0.423 e. The molecular weight excluding hydrogens is 403 g/mol. The number of benzene rings is 1. The molecule has 28 heavy (non-hydrogen) atoms. The average molecular weight is 420 g/mol. The molecule has 0 radical (unpaired) electrons. The minimum atomic E-state index is -4.74. The van der Waals surface area contributed by atoms with Gasteiger partial charge in [0.15, 0.2) is 6.29 Å². The quantitative estimate of drug-likeness (QED) is 0.372. The molecule has 0 aliphatic heterocycles. The molecule has 11 heteroatoms. The van der Waals surface area contributed by atoms with Crippen LogP contribution in [0.5, 0.6) is 5.88 Å². The van der Waals surface area contributed by atoms with Gasteiger partial charge in [-0.3, -0.25) is 10.1 Å². The van der Waals surface area contributed by atoms with Gasteiger partial charge in [-0.05, 0) is 26.0 Å². The zero-order valence-corrected chi connectivity index (χ0v) is 15.6. The van der Waals surface area contributed by atoms with E-state index in [4.69, 9.17) is 21.1 Å². The van der Waals surface area contributed by atoms with Gasteiger partial charge in [0, 0.05) is 18.8 Å². The van der Waals surface area contributed by atoms with Gasteiger partial charge < -0.3 is 14.8 Å². The van der Waals surface area contributed by atoms with E-state index in [-0.39, 0.29) is 12.2 Å². The summed E-state index contributed by atoms with van der Waals surface area (Å²) in [6.07, 6.45) is -5.25. The van der Waals surface area contributed by atoms with Gasteiger partial charge in [0.2, 0.25) is 5.88 Å². The van der Waals surface area contributed by atoms with Gasteiger partial charge in [-0.2, -0.15) is 13.2 Å². The third kappa shape index (κ3) is 5.70. The van der Waals surface area contributed by atoms with E-state index in [2.05, 4.69) is 10.3 Å². The van der Waals surface area contributed by atoms with Crippen molar-refractivity contribution in [2.75, 3.05) is 11.9 Å². The molecule has 0 bridgehead atoms. The first-order valence-electron chi connectivity index (χ1n) is 8.10. The lowest BCUT2D eigenvalue weighted by atomic mass is 10.2. The maximum atomic E-state index is 13.1. The van der Waals surface area contributed by atoms with E-state index in [0.717, 1.165) is 12.3 Å². The van der Waals surface area contributed by atoms with Gasteiger partial charge in [-0.15, -0.1) is 0 Å². The first kappa shape index (κ1) is 21.7. The fourth-order valence-corrected chi connectivity index (χ4v) is 2.61. The molecule has 1 aromatic heterocycles. The second-order valence-corrected chi connectivity index (χ2v) is 6.17. The number of nitrogens with zero attached hydrogens (tertiary/aromatic N) is 2. The third-order valence-electron chi connectivity index (χ3n) is 3.53. The van der Waals surface area contributed by atoms with Gasteiger partial charge in [0.05, 0.1) is 16.0 Å². The molecule has 7 nitrogen and oxygen atoms in total. The molecule has 1 heterocycles. The monoisotopic (exact) mass is 419 g/mol. The number of ether oxygens (including phenoxy) is 2. The van der Waals surface area contributed by atoms with Crippen molar-refractivity contribution < 1.29 is 27.6 Å². The highest BCUT2D eigenvalue weighted by Gasteiger charge is 2.38. The van der Waals surface area contributed by atoms with Gasteiger partial charge >= 0.3 is 6.18 Å². The van der Waals surface area contributed by atoms with Crippen LogP contribution in [0.4, 0.5) is 24.5 Å². The number of anilines is 1. The van der Waals surface area contributed by atoms with E-state index < -0.39 is 40.0 Å². The van der Waals surface area contributed by atoms with Crippen LogP contribution in [0.2, 0.25) is 5.02 Å². The molecule has 0 aliphatic carbocycles. The van der Waals surface area contributed by atoms with Crippen LogP contribution in [-0.2, 0) is 10.9 Å². The van der Waals surface area contributed by atoms with Gasteiger partial charge in [0.25, 0.3) is 5.69 Å². The van der Waals surface area contributed by atoms with Crippen molar-refractivity contribution in [3.63, 3.8) is 0 Å². The number of halogens is 4. The normalized spacial score (nSPS) is 13.6. The molecule has 2 rings (SSSR count). The highest BCUT2D eigenvalue weighted by molar-refractivity contribution is 6.31. The molecular formula is C17H17ClF3N3O4. The van der Waals surface area contributed by atoms with Gasteiger partial charge in [0.1, 0.15) is 11.3 Å². The van der Waals surface area contributed by atoms with Crippen molar-refractivity contribution in [1.29, 1.82) is 0 Å². The molecule has 2 atom stereocenters. The number of pyridine rings is 1. The van der Waals surface area contributed by atoms with E-state index in [1.54, 1.807) is 13.0 Å². The second-order valence-electron chi connectivity index (χ2n) is 5.76. The zero-order valence-electron chi connectivity index (χ0n) is 14.9. The topological polar surface area (TPSA) is 86.5 Å². The Balaban J connectivity index is 1.98. The number of hydrogen-bond donors (Lipinski definition) is 1. The molecule has 0 saturated heterocycles. The second kappa shape index (κ2) is 9.07. The Hall–Kier alpha value is -2.59. The van der Waals surface area contributed by atoms with Crippen molar-refractivity contribution in [3.8, 4) is 5.88 Å². The third-order valence-corrected chi connectivity index (χ3v) is 3.85. The molecule has 0 fully saturated rings. The summed E-state index contributed by atoms with van der Waals surface area (Å²) < 4.78 is 50.0. The fraction of sp³-hybridized carbons (Fsp3) is 0.353. The van der Waals surface area contributed by atoms with Crippen LogP contribution >= 0.6 is 11.6 Å². The number of nitro groups is 1. The summed E-state index contributed by atoms with van der Waals surface area (Å²) in [6, 6.07) is 7.08. The summed E-state index contributed by atoms with van der Waals surface area (Å²) in [5.74, 6) is -0.689. The maximum absolute atomic E-state index is 13.1. The fourth-order valence-electron chi connectivity index (χ4n) is 2.36. The van der Waals surface area contributed by atoms with Gasteiger partial charge in [-0.25, -0.2) is 4.98 Å². The van der Waals surface area contributed by atoms with E-state index in [1.807, 2.05) is 0 Å². The van der Waals surface area contributed by atoms with Crippen molar-refractivity contribution in [1.82, 2.24) is 4.98 Å². The number of aromatic nitrogens is 1. The van der Waals surface area contributed by atoms with Crippen molar-refractivity contribution in [3.05, 3.63) is 57.2 Å². The summed E-state index contributed by atoms with van der Waals surface area (Å²) in [4.78, 5) is 14.0. The summed E-state index contributed by atoms with van der Waals surface area (Å²) in [7, 11) is 0. The molecule has 152 valence electrons. The van der Waals surface area contributed by atoms with Gasteiger partial charge in [-0.1, -0.05) is 23.7 Å². The van der Waals surface area contributed by atoms with Crippen LogP contribution in [0.15, 0.2) is 36.5 Å². The van der Waals surface area contributed by atoms with Crippen molar-refractivity contribution in [2.24, 2.45) is 0 Å². The number of rotatable bonds is 8. The lowest BCUT2D eigenvalue weighted by Gasteiger charge is -2.22. The molecule has 0 spiro atoms. The van der Waals surface area contributed by atoms with Crippen LogP contribution in [-0.4, -0.2) is 28.8 Å². The number of hydrogen-bond acceptors (Lipinski definition) is 6. The Morgan fingerprint density at radius 3 is 2.61 bits per heavy atom. The molecule has 1 N–H and O–H groups in total. The van der Waals surface area contributed by atoms with E-state index in [0.29, 0.717) is 5.69 Å². The number of nitrogens with one attached hydrogen (secondary N) is 1. The minimum Gasteiger partial charge on any atom is -0.448 e. The van der Waals surface area contributed by atoms with E-state index >= 15 is 0 Å². The summed E-state index contributed by atoms with van der Waals surface area (Å²) in [5, 5.41) is 13.3. The molecule has 1 aromatic carbocycles. The van der Waals surface area contributed by atoms with Crippen LogP contribution in [0.3, 0.4) is 0 Å². The Bertz CT molecular complexity index is 836. The van der Waals surface area contributed by atoms with Crippen molar-refractivity contribution in [2.45, 2.75) is 32.4 Å². The summed E-state index contributed by atoms with van der Waals surface area (Å²) in [6.45, 7) is 3.20.